The number of halogens is 2. The lowest BCUT2D eigenvalue weighted by Gasteiger charge is -2.33. The normalized spacial score (nSPS) is 15.5. The van der Waals surface area contributed by atoms with Gasteiger partial charge in [-0.3, -0.25) is 4.79 Å². The maximum absolute atomic E-state index is 13.3. The average Bonchev–Trinajstić information content (AvgIpc) is 2.59. The Kier molecular flexibility index (Phi) is 4.90. The molecule has 1 heterocycles. The van der Waals surface area contributed by atoms with Crippen LogP contribution in [0.1, 0.15) is 22.8 Å². The summed E-state index contributed by atoms with van der Waals surface area (Å²) in [5, 5.41) is 0. The van der Waals surface area contributed by atoms with E-state index < -0.39 is 11.6 Å². The molecular formula is C19H21F2N2O+. The number of Topliss-reactive ketones (excluding diaryl/α,β-unsaturated/α-hetero) is 1. The van der Waals surface area contributed by atoms with Crippen LogP contribution >= 0.6 is 0 Å². The lowest BCUT2D eigenvalue weighted by Crippen LogP contribution is -3.13. The molecule has 1 saturated heterocycles. The van der Waals surface area contributed by atoms with Gasteiger partial charge in [0.15, 0.2) is 17.4 Å². The molecule has 3 nitrogen and oxygen atoms in total. The SMILES string of the molecule is CC(=O)c1ccc(N2CC[NH+](Cc3ccc(F)c(F)c3)CC2)cc1. The number of nitrogens with zero attached hydrogens (tertiary/aromatic N) is 1. The maximum Gasteiger partial charge on any atom is 0.159 e. The summed E-state index contributed by atoms with van der Waals surface area (Å²) >= 11 is 0. The van der Waals surface area contributed by atoms with Crippen LogP contribution < -0.4 is 9.80 Å². The predicted molar refractivity (Wildman–Crippen MR) is 89.4 cm³/mol. The zero-order valence-electron chi connectivity index (χ0n) is 13.7. The number of hydrogen-bond acceptors (Lipinski definition) is 2. The van der Waals surface area contributed by atoms with E-state index in [-0.39, 0.29) is 5.78 Å². The molecule has 0 aliphatic carbocycles. The van der Waals surface area contributed by atoms with E-state index in [1.54, 1.807) is 13.0 Å². The highest BCUT2D eigenvalue weighted by atomic mass is 19.2. The van der Waals surface area contributed by atoms with Crippen LogP contribution in [-0.4, -0.2) is 32.0 Å². The molecule has 2 aromatic rings. The Balaban J connectivity index is 1.57. The van der Waals surface area contributed by atoms with E-state index in [4.69, 9.17) is 0 Å². The molecule has 126 valence electrons. The molecule has 0 amide bonds. The first-order chi connectivity index (χ1) is 11.5. The molecule has 1 aliphatic rings. The summed E-state index contributed by atoms with van der Waals surface area (Å²) in [5.74, 6) is -1.51. The molecule has 24 heavy (non-hydrogen) atoms. The first-order valence-electron chi connectivity index (χ1n) is 8.16. The number of carbonyl (C=O) groups excluding carboxylic acids is 1. The van der Waals surface area contributed by atoms with Crippen LogP contribution in [0, 0.1) is 11.6 Å². The fraction of sp³-hybridized carbons (Fsp3) is 0.316. The van der Waals surface area contributed by atoms with Gasteiger partial charge in [-0.2, -0.15) is 0 Å². The number of quaternary nitrogens is 1. The quantitative estimate of drug-likeness (QED) is 0.868. The molecule has 0 aromatic heterocycles. The summed E-state index contributed by atoms with van der Waals surface area (Å²) in [6.45, 7) is 5.95. The molecule has 0 atom stereocenters. The fourth-order valence-electron chi connectivity index (χ4n) is 3.10. The Bertz CT molecular complexity index is 723. The summed E-state index contributed by atoms with van der Waals surface area (Å²) in [5.41, 5.74) is 2.66. The number of nitrogens with one attached hydrogen (secondary N) is 1. The van der Waals surface area contributed by atoms with Crippen LogP contribution in [-0.2, 0) is 6.54 Å². The van der Waals surface area contributed by atoms with Gasteiger partial charge in [0.25, 0.3) is 0 Å². The van der Waals surface area contributed by atoms with E-state index in [0.29, 0.717) is 6.54 Å². The summed E-state index contributed by atoms with van der Waals surface area (Å²) in [7, 11) is 0. The van der Waals surface area contributed by atoms with Crippen LogP contribution in [0.25, 0.3) is 0 Å². The third-order valence-electron chi connectivity index (χ3n) is 4.55. The number of anilines is 1. The third-order valence-corrected chi connectivity index (χ3v) is 4.55. The molecule has 0 spiro atoms. The smallest absolute Gasteiger partial charge is 0.159 e. The predicted octanol–water partition coefficient (Wildman–Crippen LogP) is 2.07. The van der Waals surface area contributed by atoms with E-state index in [0.717, 1.165) is 43.0 Å². The van der Waals surface area contributed by atoms with Gasteiger partial charge in [0, 0.05) is 16.8 Å². The largest absolute Gasteiger partial charge is 0.360 e. The molecule has 2 aromatic carbocycles. The number of carbonyl (C=O) groups is 1. The maximum atomic E-state index is 13.3. The van der Waals surface area contributed by atoms with E-state index in [1.807, 2.05) is 24.3 Å². The van der Waals surface area contributed by atoms with E-state index in [1.165, 1.54) is 17.0 Å². The minimum absolute atomic E-state index is 0.0716. The average molecular weight is 331 g/mol. The van der Waals surface area contributed by atoms with E-state index >= 15 is 0 Å². The van der Waals surface area contributed by atoms with E-state index in [2.05, 4.69) is 4.90 Å². The van der Waals surface area contributed by atoms with Crippen molar-refractivity contribution >= 4 is 11.5 Å². The van der Waals surface area contributed by atoms with Crippen molar-refractivity contribution < 1.29 is 18.5 Å². The Morgan fingerprint density at radius 1 is 1.04 bits per heavy atom. The summed E-state index contributed by atoms with van der Waals surface area (Å²) in [4.78, 5) is 15.0. The van der Waals surface area contributed by atoms with Crippen molar-refractivity contribution in [2.75, 3.05) is 31.1 Å². The van der Waals surface area contributed by atoms with Gasteiger partial charge < -0.3 is 9.80 Å². The molecule has 0 unspecified atom stereocenters. The van der Waals surface area contributed by atoms with Crippen molar-refractivity contribution in [2.24, 2.45) is 0 Å². The summed E-state index contributed by atoms with van der Waals surface area (Å²) < 4.78 is 26.3. The summed E-state index contributed by atoms with van der Waals surface area (Å²) in [6.07, 6.45) is 0. The molecule has 3 rings (SSSR count). The lowest BCUT2D eigenvalue weighted by molar-refractivity contribution is -0.914. The highest BCUT2D eigenvalue weighted by Gasteiger charge is 2.20. The standard InChI is InChI=1S/C19H20F2N2O/c1-14(24)16-3-5-17(6-4-16)23-10-8-22(9-11-23)13-15-2-7-18(20)19(21)12-15/h2-7,12H,8-11,13H2,1H3/p+1. The number of benzene rings is 2. The second-order valence-electron chi connectivity index (χ2n) is 6.27. The molecular weight excluding hydrogens is 310 g/mol. The van der Waals surface area contributed by atoms with Gasteiger partial charge in [0.2, 0.25) is 0 Å². The van der Waals surface area contributed by atoms with Gasteiger partial charge in [-0.15, -0.1) is 0 Å². The number of hydrogen-bond donors (Lipinski definition) is 1. The van der Waals surface area contributed by atoms with Gasteiger partial charge >= 0.3 is 0 Å². The highest BCUT2D eigenvalue weighted by Crippen LogP contribution is 2.15. The zero-order valence-corrected chi connectivity index (χ0v) is 13.7. The first-order valence-corrected chi connectivity index (χ1v) is 8.16. The van der Waals surface area contributed by atoms with Gasteiger partial charge in [0.05, 0.1) is 26.2 Å². The van der Waals surface area contributed by atoms with Crippen LogP contribution in [0.3, 0.4) is 0 Å². The Morgan fingerprint density at radius 3 is 2.29 bits per heavy atom. The van der Waals surface area contributed by atoms with Crippen molar-refractivity contribution in [1.29, 1.82) is 0 Å². The van der Waals surface area contributed by atoms with Crippen LogP contribution in [0.15, 0.2) is 42.5 Å². The molecule has 1 N–H and O–H groups in total. The third kappa shape index (κ3) is 3.79. The van der Waals surface area contributed by atoms with E-state index in [9.17, 15) is 13.6 Å². The topological polar surface area (TPSA) is 24.8 Å². The van der Waals surface area contributed by atoms with Crippen LogP contribution in [0.2, 0.25) is 0 Å². The van der Waals surface area contributed by atoms with Gasteiger partial charge in [-0.25, -0.2) is 8.78 Å². The molecule has 0 bridgehead atoms. The molecule has 1 aliphatic heterocycles. The number of ketones is 1. The van der Waals surface area contributed by atoms with Crippen LogP contribution in [0.4, 0.5) is 14.5 Å². The van der Waals surface area contributed by atoms with Crippen molar-refractivity contribution in [1.82, 2.24) is 0 Å². The van der Waals surface area contributed by atoms with Gasteiger partial charge in [0.1, 0.15) is 6.54 Å². The minimum atomic E-state index is -0.799. The second-order valence-corrected chi connectivity index (χ2v) is 6.27. The molecule has 0 radical (unpaired) electrons. The number of piperazine rings is 1. The molecule has 0 saturated carbocycles. The van der Waals surface area contributed by atoms with Gasteiger partial charge in [-0.05, 0) is 43.3 Å². The van der Waals surface area contributed by atoms with Crippen molar-refractivity contribution in [3.63, 3.8) is 0 Å². The zero-order chi connectivity index (χ0) is 17.1. The first kappa shape index (κ1) is 16.6. The van der Waals surface area contributed by atoms with Crippen molar-refractivity contribution in [3.05, 3.63) is 65.2 Å². The van der Waals surface area contributed by atoms with Crippen LogP contribution in [0.5, 0.6) is 0 Å². The Morgan fingerprint density at radius 2 is 1.71 bits per heavy atom. The second kappa shape index (κ2) is 7.09. The van der Waals surface area contributed by atoms with Crippen molar-refractivity contribution in [2.45, 2.75) is 13.5 Å². The Hall–Kier alpha value is -2.27. The summed E-state index contributed by atoms with van der Waals surface area (Å²) in [6, 6.07) is 11.8. The molecule has 1 fully saturated rings. The lowest BCUT2D eigenvalue weighted by atomic mass is 10.1. The van der Waals surface area contributed by atoms with Gasteiger partial charge in [-0.1, -0.05) is 6.07 Å². The minimum Gasteiger partial charge on any atom is -0.360 e. The molecule has 5 heteroatoms. The van der Waals surface area contributed by atoms with Crippen molar-refractivity contribution in [3.8, 4) is 0 Å². The highest BCUT2D eigenvalue weighted by molar-refractivity contribution is 5.94. The fourth-order valence-corrected chi connectivity index (χ4v) is 3.10. The number of rotatable bonds is 4. The monoisotopic (exact) mass is 331 g/mol. The Labute approximate surface area is 140 Å².